The maximum absolute atomic E-state index is 12.2. The minimum absolute atomic E-state index is 0.368. The van der Waals surface area contributed by atoms with E-state index in [0.717, 1.165) is 17.5 Å². The Morgan fingerprint density at radius 1 is 1.00 bits per heavy atom. The van der Waals surface area contributed by atoms with Crippen LogP contribution in [0.3, 0.4) is 0 Å². The molecule has 0 spiro atoms. The highest BCUT2D eigenvalue weighted by Crippen LogP contribution is 2.19. The Labute approximate surface area is 135 Å². The zero-order chi connectivity index (χ0) is 16.8. The number of amides is 2. The molecule has 23 heavy (non-hydrogen) atoms. The zero-order valence-electron chi connectivity index (χ0n) is 13.5. The minimum atomic E-state index is -0.427. The first kappa shape index (κ1) is 16.5. The molecule has 5 nitrogen and oxygen atoms in total. The van der Waals surface area contributed by atoms with E-state index in [4.69, 9.17) is 4.74 Å². The molecule has 0 unspecified atom stereocenters. The minimum Gasteiger partial charge on any atom is -0.496 e. The molecule has 120 valence electrons. The van der Waals surface area contributed by atoms with Gasteiger partial charge in [-0.15, -0.1) is 0 Å². The second-order valence-corrected chi connectivity index (χ2v) is 5.16. The van der Waals surface area contributed by atoms with Crippen LogP contribution in [0.15, 0.2) is 42.5 Å². The third kappa shape index (κ3) is 4.10. The average molecular weight is 312 g/mol. The normalized spacial score (nSPS) is 10.0. The van der Waals surface area contributed by atoms with Crippen molar-refractivity contribution < 1.29 is 14.3 Å². The van der Waals surface area contributed by atoms with Crippen LogP contribution in [-0.4, -0.2) is 18.9 Å². The maximum Gasteiger partial charge on any atom is 0.273 e. The summed E-state index contributed by atoms with van der Waals surface area (Å²) in [5.74, 6) is -0.341. The highest BCUT2D eigenvalue weighted by molar-refractivity contribution is 6.00. The Morgan fingerprint density at radius 3 is 2.26 bits per heavy atom. The molecule has 0 aliphatic rings. The van der Waals surface area contributed by atoms with Gasteiger partial charge in [0.15, 0.2) is 0 Å². The summed E-state index contributed by atoms with van der Waals surface area (Å²) in [6.45, 7) is 3.93. The van der Waals surface area contributed by atoms with Crippen molar-refractivity contribution in [2.75, 3.05) is 7.11 Å². The quantitative estimate of drug-likeness (QED) is 0.853. The van der Waals surface area contributed by atoms with Crippen LogP contribution in [0.5, 0.6) is 5.75 Å². The molecule has 2 amide bonds. The molecule has 0 heterocycles. The lowest BCUT2D eigenvalue weighted by atomic mass is 10.1. The first-order valence-corrected chi connectivity index (χ1v) is 7.39. The number of hydrazine groups is 1. The molecule has 0 aromatic heterocycles. The topological polar surface area (TPSA) is 67.4 Å². The predicted octanol–water partition coefficient (Wildman–Crippen LogP) is 2.64. The second kappa shape index (κ2) is 7.45. The lowest BCUT2D eigenvalue weighted by Gasteiger charge is -2.11. The lowest BCUT2D eigenvalue weighted by Crippen LogP contribution is -2.41. The van der Waals surface area contributed by atoms with Crippen LogP contribution in [-0.2, 0) is 6.42 Å². The summed E-state index contributed by atoms with van der Waals surface area (Å²) in [6, 6.07) is 12.5. The molecular formula is C18H20N2O3. The van der Waals surface area contributed by atoms with Crippen molar-refractivity contribution in [2.45, 2.75) is 20.3 Å². The van der Waals surface area contributed by atoms with Crippen molar-refractivity contribution in [2.24, 2.45) is 0 Å². The van der Waals surface area contributed by atoms with E-state index >= 15 is 0 Å². The van der Waals surface area contributed by atoms with E-state index in [1.54, 1.807) is 24.3 Å². The number of hydrogen-bond acceptors (Lipinski definition) is 3. The van der Waals surface area contributed by atoms with Gasteiger partial charge in [-0.25, -0.2) is 0 Å². The van der Waals surface area contributed by atoms with Gasteiger partial charge in [0, 0.05) is 5.56 Å². The van der Waals surface area contributed by atoms with Gasteiger partial charge in [0.05, 0.1) is 12.7 Å². The molecular weight excluding hydrogens is 292 g/mol. The molecule has 2 rings (SSSR count). The van der Waals surface area contributed by atoms with Crippen molar-refractivity contribution in [3.8, 4) is 5.75 Å². The number of rotatable bonds is 4. The number of carbonyl (C=O) groups is 2. The SMILES string of the molecule is CCc1ccc(C(=O)NNC(=O)c2cc(C)ccc2OC)cc1. The summed E-state index contributed by atoms with van der Waals surface area (Å²) in [5, 5.41) is 0. The van der Waals surface area contributed by atoms with Crippen LogP contribution in [0.2, 0.25) is 0 Å². The van der Waals surface area contributed by atoms with Crippen molar-refractivity contribution in [3.05, 3.63) is 64.7 Å². The van der Waals surface area contributed by atoms with Crippen LogP contribution >= 0.6 is 0 Å². The van der Waals surface area contributed by atoms with Crippen molar-refractivity contribution in [1.29, 1.82) is 0 Å². The summed E-state index contributed by atoms with van der Waals surface area (Å²) in [4.78, 5) is 24.3. The number of aryl methyl sites for hydroxylation is 2. The van der Waals surface area contributed by atoms with E-state index in [2.05, 4.69) is 10.9 Å². The van der Waals surface area contributed by atoms with Crippen LogP contribution in [0.25, 0.3) is 0 Å². The monoisotopic (exact) mass is 312 g/mol. The van der Waals surface area contributed by atoms with Crippen molar-refractivity contribution in [3.63, 3.8) is 0 Å². The van der Waals surface area contributed by atoms with E-state index in [0.29, 0.717) is 16.9 Å². The number of carbonyl (C=O) groups excluding carboxylic acids is 2. The standard InChI is InChI=1S/C18H20N2O3/c1-4-13-6-8-14(9-7-13)17(21)19-20-18(22)15-11-12(2)5-10-16(15)23-3/h5-11H,4H2,1-3H3,(H,19,21)(H,20,22). The van der Waals surface area contributed by atoms with Gasteiger partial charge >= 0.3 is 0 Å². The van der Waals surface area contributed by atoms with Crippen molar-refractivity contribution in [1.82, 2.24) is 10.9 Å². The summed E-state index contributed by atoms with van der Waals surface area (Å²) in [7, 11) is 1.50. The van der Waals surface area contributed by atoms with Gasteiger partial charge in [-0.1, -0.05) is 30.7 Å². The highest BCUT2D eigenvalue weighted by atomic mass is 16.5. The van der Waals surface area contributed by atoms with Gasteiger partial charge in [0.25, 0.3) is 11.8 Å². The molecule has 0 fully saturated rings. The molecule has 0 saturated carbocycles. The van der Waals surface area contributed by atoms with Crippen LogP contribution in [0, 0.1) is 6.92 Å². The maximum atomic E-state index is 12.2. The van der Waals surface area contributed by atoms with E-state index in [9.17, 15) is 9.59 Å². The van der Waals surface area contributed by atoms with Gasteiger partial charge in [0.2, 0.25) is 0 Å². The van der Waals surface area contributed by atoms with Crippen LogP contribution in [0.1, 0.15) is 38.8 Å². The molecule has 2 aromatic carbocycles. The molecule has 0 aliphatic carbocycles. The number of ether oxygens (including phenoxy) is 1. The Morgan fingerprint density at radius 2 is 1.65 bits per heavy atom. The van der Waals surface area contributed by atoms with Gasteiger partial charge in [-0.2, -0.15) is 0 Å². The highest BCUT2D eigenvalue weighted by Gasteiger charge is 2.13. The lowest BCUT2D eigenvalue weighted by molar-refractivity contribution is 0.0845. The summed E-state index contributed by atoms with van der Waals surface area (Å²) >= 11 is 0. The molecule has 0 atom stereocenters. The summed E-state index contributed by atoms with van der Waals surface area (Å²) in [6.07, 6.45) is 0.909. The molecule has 0 aliphatic heterocycles. The fourth-order valence-corrected chi connectivity index (χ4v) is 2.14. The Bertz CT molecular complexity index is 709. The number of methoxy groups -OCH3 is 1. The van der Waals surface area contributed by atoms with Crippen LogP contribution < -0.4 is 15.6 Å². The summed E-state index contributed by atoms with van der Waals surface area (Å²) < 4.78 is 5.16. The third-order valence-electron chi connectivity index (χ3n) is 3.51. The van der Waals surface area contributed by atoms with Gasteiger partial charge in [-0.05, 0) is 43.2 Å². The Kier molecular flexibility index (Phi) is 5.36. The van der Waals surface area contributed by atoms with Gasteiger partial charge in [0.1, 0.15) is 5.75 Å². The second-order valence-electron chi connectivity index (χ2n) is 5.16. The Hall–Kier alpha value is -2.82. The van der Waals surface area contributed by atoms with Crippen LogP contribution in [0.4, 0.5) is 0 Å². The molecule has 5 heteroatoms. The number of hydrogen-bond donors (Lipinski definition) is 2. The van der Waals surface area contributed by atoms with E-state index < -0.39 is 5.91 Å². The van der Waals surface area contributed by atoms with Gasteiger partial charge < -0.3 is 4.74 Å². The molecule has 2 N–H and O–H groups in total. The molecule has 0 radical (unpaired) electrons. The first-order valence-electron chi connectivity index (χ1n) is 7.39. The number of nitrogens with one attached hydrogen (secondary N) is 2. The largest absolute Gasteiger partial charge is 0.496 e. The predicted molar refractivity (Wildman–Crippen MR) is 88.5 cm³/mol. The van der Waals surface area contributed by atoms with E-state index in [1.165, 1.54) is 7.11 Å². The Balaban J connectivity index is 2.03. The first-order chi connectivity index (χ1) is 11.0. The van der Waals surface area contributed by atoms with E-state index in [-0.39, 0.29) is 5.91 Å². The fraction of sp³-hybridized carbons (Fsp3) is 0.222. The zero-order valence-corrected chi connectivity index (χ0v) is 13.5. The molecule has 0 saturated heterocycles. The fourth-order valence-electron chi connectivity index (χ4n) is 2.14. The third-order valence-corrected chi connectivity index (χ3v) is 3.51. The number of benzene rings is 2. The van der Waals surface area contributed by atoms with Crippen molar-refractivity contribution >= 4 is 11.8 Å². The molecule has 2 aromatic rings. The average Bonchev–Trinajstić information content (AvgIpc) is 2.59. The summed E-state index contributed by atoms with van der Waals surface area (Å²) in [5.41, 5.74) is 7.75. The van der Waals surface area contributed by atoms with Gasteiger partial charge in [-0.3, -0.25) is 20.4 Å². The van der Waals surface area contributed by atoms with E-state index in [1.807, 2.05) is 32.0 Å². The molecule has 0 bridgehead atoms. The smallest absolute Gasteiger partial charge is 0.273 e.